The molecular weight excluding hydrogens is 369 g/mol. The SMILES string of the molecule is Cn1cccc1[C@@H]1CCCN1CC(=O)Nc1c(Cl)cc(Cl)cc1Cl. The number of benzene rings is 1. The standard InChI is InChI=1S/C17H18Cl3N3O/c1-22-6-2-4-14(22)15-5-3-7-23(15)10-16(24)21-17-12(19)8-11(18)9-13(17)20/h2,4,6,8-9,15H,3,5,7,10H2,1H3,(H,21,24)/t15-/m0/s1. The fourth-order valence-electron chi connectivity index (χ4n) is 3.20. The first kappa shape index (κ1) is 17.6. The number of amides is 1. The zero-order valence-corrected chi connectivity index (χ0v) is 15.5. The molecule has 2 aromatic rings. The van der Waals surface area contributed by atoms with E-state index in [0.717, 1.165) is 19.4 Å². The summed E-state index contributed by atoms with van der Waals surface area (Å²) in [6.45, 7) is 1.19. The number of carbonyl (C=O) groups excluding carboxylic acids is 1. The molecule has 1 N–H and O–H groups in total. The number of hydrogen-bond acceptors (Lipinski definition) is 2. The molecule has 0 radical (unpaired) electrons. The summed E-state index contributed by atoms with van der Waals surface area (Å²) in [6, 6.07) is 7.51. The fraction of sp³-hybridized carbons (Fsp3) is 0.353. The summed E-state index contributed by atoms with van der Waals surface area (Å²) in [4.78, 5) is 14.6. The second-order valence-electron chi connectivity index (χ2n) is 5.97. The Morgan fingerprint density at radius 2 is 2.00 bits per heavy atom. The third kappa shape index (κ3) is 3.72. The fourth-order valence-corrected chi connectivity index (χ4v) is 4.11. The van der Waals surface area contributed by atoms with Gasteiger partial charge < -0.3 is 9.88 Å². The smallest absolute Gasteiger partial charge is 0.238 e. The minimum atomic E-state index is -0.137. The molecule has 1 aliphatic heterocycles. The van der Waals surface area contributed by atoms with Crippen LogP contribution in [0.25, 0.3) is 0 Å². The van der Waals surface area contributed by atoms with Crippen LogP contribution in [-0.4, -0.2) is 28.5 Å². The third-order valence-electron chi connectivity index (χ3n) is 4.31. The van der Waals surface area contributed by atoms with E-state index in [9.17, 15) is 4.79 Å². The van der Waals surface area contributed by atoms with Crippen LogP contribution < -0.4 is 5.32 Å². The average molecular weight is 387 g/mol. The third-order valence-corrected chi connectivity index (χ3v) is 5.12. The molecular formula is C17H18Cl3N3O. The van der Waals surface area contributed by atoms with Gasteiger partial charge in [0.2, 0.25) is 5.91 Å². The van der Waals surface area contributed by atoms with Crippen molar-refractivity contribution in [1.29, 1.82) is 0 Å². The predicted molar refractivity (Wildman–Crippen MR) is 99.1 cm³/mol. The van der Waals surface area contributed by atoms with Crippen molar-refractivity contribution >= 4 is 46.4 Å². The summed E-state index contributed by atoms with van der Waals surface area (Å²) >= 11 is 18.1. The summed E-state index contributed by atoms with van der Waals surface area (Å²) in [5.41, 5.74) is 1.63. The van der Waals surface area contributed by atoms with E-state index in [0.29, 0.717) is 27.3 Å². The molecule has 0 unspecified atom stereocenters. The highest BCUT2D eigenvalue weighted by Crippen LogP contribution is 2.34. The van der Waals surface area contributed by atoms with Crippen molar-refractivity contribution < 1.29 is 4.79 Å². The molecule has 0 saturated carbocycles. The Kier molecular flexibility index (Phi) is 5.40. The van der Waals surface area contributed by atoms with Gasteiger partial charge >= 0.3 is 0 Å². The summed E-state index contributed by atoms with van der Waals surface area (Å²) in [5.74, 6) is -0.137. The maximum atomic E-state index is 12.4. The number of likely N-dealkylation sites (tertiary alicyclic amines) is 1. The second-order valence-corrected chi connectivity index (χ2v) is 7.22. The number of rotatable bonds is 4. The molecule has 1 atom stereocenters. The Balaban J connectivity index is 1.70. The van der Waals surface area contributed by atoms with Crippen molar-refractivity contribution in [3.8, 4) is 0 Å². The van der Waals surface area contributed by atoms with Gasteiger partial charge in [-0.2, -0.15) is 0 Å². The van der Waals surface area contributed by atoms with Crippen LogP contribution in [0.2, 0.25) is 15.1 Å². The zero-order valence-electron chi connectivity index (χ0n) is 13.2. The molecule has 1 fully saturated rings. The van der Waals surface area contributed by atoms with Crippen molar-refractivity contribution in [2.75, 3.05) is 18.4 Å². The van der Waals surface area contributed by atoms with E-state index in [1.54, 1.807) is 12.1 Å². The lowest BCUT2D eigenvalue weighted by molar-refractivity contribution is -0.117. The summed E-state index contributed by atoms with van der Waals surface area (Å²) in [7, 11) is 2.03. The summed E-state index contributed by atoms with van der Waals surface area (Å²) in [5, 5.41) is 3.91. The van der Waals surface area contributed by atoms with Crippen LogP contribution in [0.15, 0.2) is 30.5 Å². The van der Waals surface area contributed by atoms with Gasteiger partial charge in [-0.3, -0.25) is 9.69 Å². The van der Waals surface area contributed by atoms with Crippen LogP contribution in [0.3, 0.4) is 0 Å². The Labute approximate surface area is 156 Å². The molecule has 4 nitrogen and oxygen atoms in total. The Morgan fingerprint density at radius 3 is 2.62 bits per heavy atom. The van der Waals surface area contributed by atoms with E-state index in [1.807, 2.05) is 19.3 Å². The van der Waals surface area contributed by atoms with Gasteiger partial charge in [0.15, 0.2) is 0 Å². The number of nitrogens with one attached hydrogen (secondary N) is 1. The van der Waals surface area contributed by atoms with Crippen LogP contribution in [0.4, 0.5) is 5.69 Å². The summed E-state index contributed by atoms with van der Waals surface area (Å²) < 4.78 is 2.10. The molecule has 1 aliphatic rings. The molecule has 0 aliphatic carbocycles. The summed E-state index contributed by atoms with van der Waals surface area (Å²) in [6.07, 6.45) is 4.15. The van der Waals surface area contributed by atoms with E-state index in [2.05, 4.69) is 20.9 Å². The van der Waals surface area contributed by atoms with E-state index in [1.165, 1.54) is 5.69 Å². The zero-order chi connectivity index (χ0) is 17.3. The molecule has 2 heterocycles. The molecule has 1 saturated heterocycles. The molecule has 1 aromatic heterocycles. The Morgan fingerprint density at radius 1 is 1.29 bits per heavy atom. The minimum absolute atomic E-state index is 0.137. The Bertz CT molecular complexity index is 736. The molecule has 0 bridgehead atoms. The number of halogens is 3. The normalized spacial score (nSPS) is 18.1. The lowest BCUT2D eigenvalue weighted by atomic mass is 10.1. The average Bonchev–Trinajstić information content (AvgIpc) is 3.11. The van der Waals surface area contributed by atoms with Gasteiger partial charge in [0.1, 0.15) is 0 Å². The second kappa shape index (κ2) is 7.36. The van der Waals surface area contributed by atoms with Gasteiger partial charge in [0.25, 0.3) is 0 Å². The molecule has 0 spiro atoms. The van der Waals surface area contributed by atoms with Crippen LogP contribution in [0.1, 0.15) is 24.6 Å². The first-order chi connectivity index (χ1) is 11.5. The van der Waals surface area contributed by atoms with Gasteiger partial charge in [-0.15, -0.1) is 0 Å². The molecule has 1 amide bonds. The van der Waals surface area contributed by atoms with Gasteiger partial charge in [0, 0.05) is 24.0 Å². The van der Waals surface area contributed by atoms with Gasteiger partial charge in [-0.25, -0.2) is 0 Å². The monoisotopic (exact) mass is 385 g/mol. The highest BCUT2D eigenvalue weighted by Gasteiger charge is 2.29. The van der Waals surface area contributed by atoms with Crippen LogP contribution in [0, 0.1) is 0 Å². The largest absolute Gasteiger partial charge is 0.353 e. The van der Waals surface area contributed by atoms with Crippen LogP contribution in [-0.2, 0) is 11.8 Å². The maximum Gasteiger partial charge on any atom is 0.238 e. The molecule has 1 aromatic carbocycles. The highest BCUT2D eigenvalue weighted by atomic mass is 35.5. The first-order valence-electron chi connectivity index (χ1n) is 7.75. The van der Waals surface area contributed by atoms with Gasteiger partial charge in [-0.1, -0.05) is 34.8 Å². The van der Waals surface area contributed by atoms with E-state index in [4.69, 9.17) is 34.8 Å². The molecule has 3 rings (SSSR count). The number of aryl methyl sites for hydroxylation is 1. The van der Waals surface area contributed by atoms with Crippen LogP contribution >= 0.6 is 34.8 Å². The number of nitrogens with zero attached hydrogens (tertiary/aromatic N) is 2. The van der Waals surface area contributed by atoms with E-state index < -0.39 is 0 Å². The van der Waals surface area contributed by atoms with Crippen LogP contribution in [0.5, 0.6) is 0 Å². The van der Waals surface area contributed by atoms with E-state index >= 15 is 0 Å². The predicted octanol–water partition coefficient (Wildman–Crippen LogP) is 4.76. The number of hydrogen-bond donors (Lipinski definition) is 1. The van der Waals surface area contributed by atoms with Crippen molar-refractivity contribution in [2.24, 2.45) is 7.05 Å². The Hall–Kier alpha value is -1.20. The lowest BCUT2D eigenvalue weighted by Gasteiger charge is -2.24. The van der Waals surface area contributed by atoms with Crippen molar-refractivity contribution in [3.63, 3.8) is 0 Å². The van der Waals surface area contributed by atoms with Crippen molar-refractivity contribution in [2.45, 2.75) is 18.9 Å². The topological polar surface area (TPSA) is 37.3 Å². The van der Waals surface area contributed by atoms with Crippen molar-refractivity contribution in [1.82, 2.24) is 9.47 Å². The highest BCUT2D eigenvalue weighted by molar-refractivity contribution is 6.42. The lowest BCUT2D eigenvalue weighted by Crippen LogP contribution is -2.33. The van der Waals surface area contributed by atoms with Gasteiger partial charge in [-0.05, 0) is 43.7 Å². The number of carbonyl (C=O) groups is 1. The van der Waals surface area contributed by atoms with E-state index in [-0.39, 0.29) is 11.9 Å². The van der Waals surface area contributed by atoms with Crippen molar-refractivity contribution in [3.05, 3.63) is 51.2 Å². The maximum absolute atomic E-state index is 12.4. The number of aromatic nitrogens is 1. The molecule has 24 heavy (non-hydrogen) atoms. The minimum Gasteiger partial charge on any atom is -0.353 e. The molecule has 128 valence electrons. The number of anilines is 1. The molecule has 7 heteroatoms. The quantitative estimate of drug-likeness (QED) is 0.822. The van der Waals surface area contributed by atoms with Gasteiger partial charge in [0.05, 0.1) is 28.3 Å². The first-order valence-corrected chi connectivity index (χ1v) is 8.89.